The van der Waals surface area contributed by atoms with Crippen LogP contribution in [0, 0.1) is 0 Å². The molecule has 0 spiro atoms. The van der Waals surface area contributed by atoms with Gasteiger partial charge in [-0.05, 0) is 19.9 Å². The zero-order valence-corrected chi connectivity index (χ0v) is 14.0. The van der Waals surface area contributed by atoms with Crippen LogP contribution >= 0.6 is 0 Å². The van der Waals surface area contributed by atoms with Crippen LogP contribution in [-0.4, -0.2) is 72.0 Å². The minimum atomic E-state index is 0.0391. The summed E-state index contributed by atoms with van der Waals surface area (Å²) < 4.78 is 0. The minimum absolute atomic E-state index is 0.0391. The summed E-state index contributed by atoms with van der Waals surface area (Å²) in [4.78, 5) is 27.5. The Morgan fingerprint density at radius 1 is 1.09 bits per heavy atom. The van der Waals surface area contributed by atoms with Gasteiger partial charge in [0.25, 0.3) is 5.91 Å². The summed E-state index contributed by atoms with van der Waals surface area (Å²) in [5.74, 6) is 0.760. The number of piperazine rings is 1. The maximum Gasteiger partial charge on any atom is 0.257 e. The van der Waals surface area contributed by atoms with Gasteiger partial charge in [-0.1, -0.05) is 13.8 Å². The standard InChI is InChI=1S/C16H27N5O/c1-4-6-21(7-5-2)16-17-12-14(13-18-16)15(22)20-10-8-19(3)9-11-20/h12-13H,4-11H2,1-3H3. The molecule has 2 rings (SSSR count). The molecule has 0 radical (unpaired) electrons. The lowest BCUT2D eigenvalue weighted by Crippen LogP contribution is -2.47. The number of rotatable bonds is 6. The molecule has 0 saturated carbocycles. The zero-order chi connectivity index (χ0) is 15.9. The van der Waals surface area contributed by atoms with Gasteiger partial charge in [0.2, 0.25) is 5.95 Å². The van der Waals surface area contributed by atoms with Gasteiger partial charge in [-0.15, -0.1) is 0 Å². The Labute approximate surface area is 133 Å². The van der Waals surface area contributed by atoms with E-state index in [1.165, 1.54) is 0 Å². The fourth-order valence-electron chi connectivity index (χ4n) is 2.64. The third-order valence-electron chi connectivity index (χ3n) is 3.95. The number of likely N-dealkylation sites (N-methyl/N-ethyl adjacent to an activating group) is 1. The van der Waals surface area contributed by atoms with Crippen molar-refractivity contribution in [2.45, 2.75) is 26.7 Å². The number of anilines is 1. The van der Waals surface area contributed by atoms with Crippen molar-refractivity contribution in [1.82, 2.24) is 19.8 Å². The molecule has 6 heteroatoms. The Kier molecular flexibility index (Phi) is 6.12. The molecule has 1 fully saturated rings. The lowest BCUT2D eigenvalue weighted by molar-refractivity contribution is 0.0663. The highest BCUT2D eigenvalue weighted by Gasteiger charge is 2.21. The van der Waals surface area contributed by atoms with Gasteiger partial charge in [0, 0.05) is 51.7 Å². The second-order valence-corrected chi connectivity index (χ2v) is 5.85. The molecular formula is C16H27N5O. The molecule has 1 aliphatic rings. The van der Waals surface area contributed by atoms with Crippen molar-refractivity contribution < 1.29 is 4.79 Å². The molecule has 0 aliphatic carbocycles. The van der Waals surface area contributed by atoms with E-state index in [-0.39, 0.29) is 5.91 Å². The monoisotopic (exact) mass is 305 g/mol. The number of aromatic nitrogens is 2. The second kappa shape index (κ2) is 8.08. The van der Waals surface area contributed by atoms with Gasteiger partial charge in [0.05, 0.1) is 5.56 Å². The molecule has 1 aliphatic heterocycles. The van der Waals surface area contributed by atoms with Crippen molar-refractivity contribution in [1.29, 1.82) is 0 Å². The Hall–Kier alpha value is -1.69. The normalized spacial score (nSPS) is 15.9. The quantitative estimate of drug-likeness (QED) is 0.797. The Balaban J connectivity index is 2.02. The Bertz CT molecular complexity index is 462. The highest BCUT2D eigenvalue weighted by molar-refractivity contribution is 5.93. The van der Waals surface area contributed by atoms with E-state index >= 15 is 0 Å². The smallest absolute Gasteiger partial charge is 0.257 e. The van der Waals surface area contributed by atoms with Gasteiger partial charge in [-0.2, -0.15) is 0 Å². The number of hydrogen-bond donors (Lipinski definition) is 0. The number of hydrogen-bond acceptors (Lipinski definition) is 5. The van der Waals surface area contributed by atoms with Crippen LogP contribution in [0.3, 0.4) is 0 Å². The van der Waals surface area contributed by atoms with Crippen LogP contribution in [0.25, 0.3) is 0 Å². The van der Waals surface area contributed by atoms with Crippen LogP contribution in [0.15, 0.2) is 12.4 Å². The van der Waals surface area contributed by atoms with Crippen LogP contribution in [0.1, 0.15) is 37.0 Å². The van der Waals surface area contributed by atoms with Crippen LogP contribution in [0.2, 0.25) is 0 Å². The summed E-state index contributed by atoms with van der Waals surface area (Å²) in [6.07, 6.45) is 5.46. The van der Waals surface area contributed by atoms with Crippen LogP contribution in [-0.2, 0) is 0 Å². The summed E-state index contributed by atoms with van der Waals surface area (Å²) in [6, 6.07) is 0. The second-order valence-electron chi connectivity index (χ2n) is 5.85. The van der Waals surface area contributed by atoms with Gasteiger partial charge in [-0.25, -0.2) is 9.97 Å². The molecule has 1 saturated heterocycles. The maximum atomic E-state index is 12.5. The highest BCUT2D eigenvalue weighted by atomic mass is 16.2. The van der Waals surface area contributed by atoms with Crippen LogP contribution in [0.4, 0.5) is 5.95 Å². The van der Waals surface area contributed by atoms with E-state index in [0.29, 0.717) is 5.56 Å². The SMILES string of the molecule is CCCN(CCC)c1ncc(C(=O)N2CCN(C)CC2)cn1. The molecule has 2 heterocycles. The number of carbonyl (C=O) groups is 1. The van der Waals surface area contributed by atoms with E-state index in [2.05, 4.69) is 40.7 Å². The van der Waals surface area contributed by atoms with Gasteiger partial charge in [-0.3, -0.25) is 4.79 Å². The fraction of sp³-hybridized carbons (Fsp3) is 0.688. The molecule has 22 heavy (non-hydrogen) atoms. The number of nitrogens with zero attached hydrogens (tertiary/aromatic N) is 5. The molecule has 0 N–H and O–H groups in total. The van der Waals surface area contributed by atoms with Gasteiger partial charge < -0.3 is 14.7 Å². The minimum Gasteiger partial charge on any atom is -0.341 e. The third-order valence-corrected chi connectivity index (χ3v) is 3.95. The molecular weight excluding hydrogens is 278 g/mol. The molecule has 6 nitrogen and oxygen atoms in total. The predicted molar refractivity (Wildman–Crippen MR) is 88.2 cm³/mol. The Morgan fingerprint density at radius 2 is 1.64 bits per heavy atom. The summed E-state index contributed by atoms with van der Waals surface area (Å²) in [6.45, 7) is 9.57. The maximum absolute atomic E-state index is 12.5. The molecule has 0 bridgehead atoms. The van der Waals surface area contributed by atoms with Crippen LogP contribution in [0.5, 0.6) is 0 Å². The fourth-order valence-corrected chi connectivity index (χ4v) is 2.64. The summed E-state index contributed by atoms with van der Waals surface area (Å²) in [5.41, 5.74) is 0.584. The molecule has 1 aromatic rings. The first kappa shape index (κ1) is 16.7. The summed E-state index contributed by atoms with van der Waals surface area (Å²) in [5, 5.41) is 0. The molecule has 0 atom stereocenters. The van der Waals surface area contributed by atoms with Crippen molar-refractivity contribution in [3.05, 3.63) is 18.0 Å². The topological polar surface area (TPSA) is 52.6 Å². The van der Waals surface area contributed by atoms with Crippen molar-refractivity contribution in [3.8, 4) is 0 Å². The largest absolute Gasteiger partial charge is 0.341 e. The summed E-state index contributed by atoms with van der Waals surface area (Å²) >= 11 is 0. The lowest BCUT2D eigenvalue weighted by Gasteiger charge is -2.32. The first-order valence-electron chi connectivity index (χ1n) is 8.20. The van der Waals surface area contributed by atoms with Gasteiger partial charge in [0.15, 0.2) is 0 Å². The van der Waals surface area contributed by atoms with Crippen LogP contribution < -0.4 is 4.90 Å². The van der Waals surface area contributed by atoms with Gasteiger partial charge >= 0.3 is 0 Å². The molecule has 0 aromatic carbocycles. The lowest BCUT2D eigenvalue weighted by atomic mass is 10.2. The van der Waals surface area contributed by atoms with Crippen molar-refractivity contribution >= 4 is 11.9 Å². The molecule has 1 aromatic heterocycles. The molecule has 0 unspecified atom stereocenters. The number of carbonyl (C=O) groups excluding carboxylic acids is 1. The number of amides is 1. The van der Waals surface area contributed by atoms with E-state index in [4.69, 9.17) is 0 Å². The highest BCUT2D eigenvalue weighted by Crippen LogP contribution is 2.11. The first-order valence-corrected chi connectivity index (χ1v) is 8.20. The van der Waals surface area contributed by atoms with E-state index in [0.717, 1.165) is 58.1 Å². The van der Waals surface area contributed by atoms with E-state index in [1.807, 2.05) is 4.90 Å². The van der Waals surface area contributed by atoms with E-state index in [9.17, 15) is 4.79 Å². The zero-order valence-electron chi connectivity index (χ0n) is 14.0. The molecule has 1 amide bonds. The van der Waals surface area contributed by atoms with Crippen molar-refractivity contribution in [3.63, 3.8) is 0 Å². The van der Waals surface area contributed by atoms with E-state index in [1.54, 1.807) is 12.4 Å². The average molecular weight is 305 g/mol. The average Bonchev–Trinajstić information content (AvgIpc) is 2.55. The van der Waals surface area contributed by atoms with E-state index < -0.39 is 0 Å². The van der Waals surface area contributed by atoms with Crippen molar-refractivity contribution in [2.75, 3.05) is 51.2 Å². The first-order chi connectivity index (χ1) is 10.7. The predicted octanol–water partition coefficient (Wildman–Crippen LogP) is 1.49. The Morgan fingerprint density at radius 3 is 2.14 bits per heavy atom. The van der Waals surface area contributed by atoms with Crippen molar-refractivity contribution in [2.24, 2.45) is 0 Å². The molecule has 122 valence electrons. The third kappa shape index (κ3) is 4.16. The van der Waals surface area contributed by atoms with Gasteiger partial charge in [0.1, 0.15) is 0 Å². The summed E-state index contributed by atoms with van der Waals surface area (Å²) in [7, 11) is 2.08.